The van der Waals surface area contributed by atoms with Crippen molar-refractivity contribution < 1.29 is 4.79 Å². The van der Waals surface area contributed by atoms with Gasteiger partial charge in [0.2, 0.25) is 0 Å². The molecule has 2 aliphatic heterocycles. The molecule has 0 aliphatic carbocycles. The first kappa shape index (κ1) is 18.9. The Bertz CT molecular complexity index is 880. The fraction of sp³-hybridized carbons (Fsp3) is 0.526. The number of aryl methyl sites for hydroxylation is 1. The van der Waals surface area contributed by atoms with Crippen LogP contribution in [0.5, 0.6) is 0 Å². The highest BCUT2D eigenvalue weighted by atomic mass is 35.5. The Morgan fingerprint density at radius 2 is 2.08 bits per heavy atom. The van der Waals surface area contributed by atoms with Gasteiger partial charge in [-0.3, -0.25) is 14.2 Å². The van der Waals surface area contributed by atoms with Crippen molar-refractivity contribution in [2.24, 2.45) is 0 Å². The predicted octanol–water partition coefficient (Wildman–Crippen LogP) is 1.98. The SMILES string of the molecule is C[C@@H]1CNCCN1C(=O)c1ccc2c(=O)n3c(nc2c1)CCCCC3.Cl. The van der Waals surface area contributed by atoms with Crippen molar-refractivity contribution in [2.45, 2.75) is 45.2 Å². The molecular formula is C19H25ClN4O2. The second-order valence-electron chi connectivity index (χ2n) is 7.08. The van der Waals surface area contributed by atoms with Gasteiger partial charge in [-0.1, -0.05) is 6.42 Å². The first-order chi connectivity index (χ1) is 12.1. The van der Waals surface area contributed by atoms with Gasteiger partial charge in [-0.15, -0.1) is 12.4 Å². The van der Waals surface area contributed by atoms with Crippen LogP contribution in [0.15, 0.2) is 23.0 Å². The van der Waals surface area contributed by atoms with Crippen LogP contribution >= 0.6 is 12.4 Å². The van der Waals surface area contributed by atoms with Crippen molar-refractivity contribution in [3.8, 4) is 0 Å². The van der Waals surface area contributed by atoms with Gasteiger partial charge >= 0.3 is 0 Å². The molecule has 0 unspecified atom stereocenters. The fourth-order valence-electron chi connectivity index (χ4n) is 3.86. The minimum Gasteiger partial charge on any atom is -0.333 e. The summed E-state index contributed by atoms with van der Waals surface area (Å²) in [6.45, 7) is 5.13. The van der Waals surface area contributed by atoms with E-state index in [0.717, 1.165) is 51.1 Å². The highest BCUT2D eigenvalue weighted by Crippen LogP contribution is 2.18. The average molecular weight is 377 g/mol. The number of nitrogens with zero attached hydrogens (tertiary/aromatic N) is 3. The largest absolute Gasteiger partial charge is 0.333 e. The number of carbonyl (C=O) groups excluding carboxylic acids is 1. The summed E-state index contributed by atoms with van der Waals surface area (Å²) in [4.78, 5) is 32.3. The van der Waals surface area contributed by atoms with Gasteiger partial charge in [0.25, 0.3) is 11.5 Å². The molecule has 0 bridgehead atoms. The van der Waals surface area contributed by atoms with E-state index in [1.165, 1.54) is 0 Å². The van der Waals surface area contributed by atoms with Crippen LogP contribution in [-0.4, -0.2) is 46.0 Å². The molecule has 1 aromatic heterocycles. The molecule has 140 valence electrons. The lowest BCUT2D eigenvalue weighted by Crippen LogP contribution is -2.52. The highest BCUT2D eigenvalue weighted by molar-refractivity contribution is 5.98. The normalized spacial score (nSPS) is 20.2. The lowest BCUT2D eigenvalue weighted by atomic mass is 10.1. The maximum Gasteiger partial charge on any atom is 0.261 e. The summed E-state index contributed by atoms with van der Waals surface area (Å²) in [5.41, 5.74) is 1.29. The van der Waals surface area contributed by atoms with Crippen LogP contribution in [0.1, 0.15) is 42.4 Å². The van der Waals surface area contributed by atoms with Crippen molar-refractivity contribution in [1.82, 2.24) is 19.8 Å². The Kier molecular flexibility index (Phi) is 5.63. The molecular weight excluding hydrogens is 352 g/mol. The zero-order valence-corrected chi connectivity index (χ0v) is 15.8. The van der Waals surface area contributed by atoms with Crippen LogP contribution in [0.2, 0.25) is 0 Å². The fourth-order valence-corrected chi connectivity index (χ4v) is 3.86. The molecule has 7 heteroatoms. The van der Waals surface area contributed by atoms with E-state index in [2.05, 4.69) is 12.2 Å². The van der Waals surface area contributed by atoms with E-state index in [1.807, 2.05) is 9.47 Å². The summed E-state index contributed by atoms with van der Waals surface area (Å²) in [5.74, 6) is 0.878. The molecule has 2 aromatic rings. The van der Waals surface area contributed by atoms with E-state index in [0.29, 0.717) is 23.0 Å². The average Bonchev–Trinajstić information content (AvgIpc) is 2.87. The predicted molar refractivity (Wildman–Crippen MR) is 104 cm³/mol. The Balaban J connectivity index is 0.00000196. The Hall–Kier alpha value is -1.92. The highest BCUT2D eigenvalue weighted by Gasteiger charge is 2.24. The zero-order chi connectivity index (χ0) is 17.4. The van der Waals surface area contributed by atoms with E-state index in [4.69, 9.17) is 4.98 Å². The smallest absolute Gasteiger partial charge is 0.261 e. The van der Waals surface area contributed by atoms with Gasteiger partial charge < -0.3 is 10.2 Å². The number of benzene rings is 1. The molecule has 0 saturated carbocycles. The summed E-state index contributed by atoms with van der Waals surface area (Å²) in [6.07, 6.45) is 4.05. The molecule has 26 heavy (non-hydrogen) atoms. The monoisotopic (exact) mass is 376 g/mol. The van der Waals surface area contributed by atoms with Gasteiger partial charge in [-0.25, -0.2) is 4.98 Å². The van der Waals surface area contributed by atoms with E-state index in [-0.39, 0.29) is 29.9 Å². The van der Waals surface area contributed by atoms with E-state index >= 15 is 0 Å². The molecule has 3 heterocycles. The number of aromatic nitrogens is 2. The minimum absolute atomic E-state index is 0. The molecule has 1 saturated heterocycles. The molecule has 1 N–H and O–H groups in total. The first-order valence-electron chi connectivity index (χ1n) is 9.20. The van der Waals surface area contributed by atoms with Gasteiger partial charge in [-0.2, -0.15) is 0 Å². The number of carbonyl (C=O) groups is 1. The third kappa shape index (κ3) is 3.35. The standard InChI is InChI=1S/C19H24N4O2.ClH/c1-13-12-20-8-10-22(13)18(24)14-6-7-15-16(11-14)21-17-5-3-2-4-9-23(17)19(15)25;/h6-7,11,13,20H,2-5,8-10,12H2,1H3;1H/t13-;/m1./s1. The summed E-state index contributed by atoms with van der Waals surface area (Å²) >= 11 is 0. The second-order valence-corrected chi connectivity index (χ2v) is 7.08. The zero-order valence-electron chi connectivity index (χ0n) is 15.0. The number of rotatable bonds is 1. The lowest BCUT2D eigenvalue weighted by Gasteiger charge is -2.34. The van der Waals surface area contributed by atoms with Crippen molar-refractivity contribution in [1.29, 1.82) is 0 Å². The maximum atomic E-state index is 12.9. The van der Waals surface area contributed by atoms with Crippen LogP contribution in [0, 0.1) is 0 Å². The Morgan fingerprint density at radius 1 is 1.23 bits per heavy atom. The van der Waals surface area contributed by atoms with Crippen LogP contribution in [0.25, 0.3) is 10.9 Å². The minimum atomic E-state index is 0. The first-order valence-corrected chi connectivity index (χ1v) is 9.20. The van der Waals surface area contributed by atoms with Gasteiger partial charge in [0.15, 0.2) is 0 Å². The third-order valence-corrected chi connectivity index (χ3v) is 5.33. The number of nitrogens with one attached hydrogen (secondary N) is 1. The number of amides is 1. The number of fused-ring (bicyclic) bond motifs is 2. The number of halogens is 1. The van der Waals surface area contributed by atoms with Crippen molar-refractivity contribution >= 4 is 29.2 Å². The van der Waals surface area contributed by atoms with Crippen LogP contribution < -0.4 is 10.9 Å². The third-order valence-electron chi connectivity index (χ3n) is 5.33. The van der Waals surface area contributed by atoms with E-state index in [9.17, 15) is 9.59 Å². The van der Waals surface area contributed by atoms with Crippen LogP contribution in [0.4, 0.5) is 0 Å². The molecule has 1 fully saturated rings. The summed E-state index contributed by atoms with van der Waals surface area (Å²) in [5, 5.41) is 3.90. The summed E-state index contributed by atoms with van der Waals surface area (Å²) < 4.78 is 1.81. The topological polar surface area (TPSA) is 67.2 Å². The number of piperazine rings is 1. The molecule has 1 aromatic carbocycles. The van der Waals surface area contributed by atoms with Crippen molar-refractivity contribution in [2.75, 3.05) is 19.6 Å². The molecule has 1 atom stereocenters. The molecule has 0 radical (unpaired) electrons. The Morgan fingerprint density at radius 3 is 2.88 bits per heavy atom. The van der Waals surface area contributed by atoms with E-state index in [1.54, 1.807) is 18.2 Å². The molecule has 2 aliphatic rings. The number of hydrogen-bond donors (Lipinski definition) is 1. The summed E-state index contributed by atoms with van der Waals surface area (Å²) in [6, 6.07) is 5.50. The quantitative estimate of drug-likeness (QED) is 0.826. The second kappa shape index (κ2) is 7.76. The molecule has 0 spiro atoms. The van der Waals surface area contributed by atoms with Crippen molar-refractivity contribution in [3.05, 3.63) is 39.9 Å². The van der Waals surface area contributed by atoms with Crippen LogP contribution in [-0.2, 0) is 13.0 Å². The molecule has 1 amide bonds. The Labute approximate surface area is 159 Å². The summed E-state index contributed by atoms with van der Waals surface area (Å²) in [7, 11) is 0. The molecule has 4 rings (SSSR count). The molecule has 6 nitrogen and oxygen atoms in total. The van der Waals surface area contributed by atoms with Gasteiger partial charge in [0, 0.05) is 44.2 Å². The van der Waals surface area contributed by atoms with Gasteiger partial charge in [0.05, 0.1) is 10.9 Å². The van der Waals surface area contributed by atoms with Crippen LogP contribution in [0.3, 0.4) is 0 Å². The lowest BCUT2D eigenvalue weighted by molar-refractivity contribution is 0.0656. The van der Waals surface area contributed by atoms with Gasteiger partial charge in [-0.05, 0) is 38.0 Å². The van der Waals surface area contributed by atoms with E-state index < -0.39 is 0 Å². The maximum absolute atomic E-state index is 12.9. The number of hydrogen-bond acceptors (Lipinski definition) is 4. The van der Waals surface area contributed by atoms with Crippen molar-refractivity contribution in [3.63, 3.8) is 0 Å². The van der Waals surface area contributed by atoms with Gasteiger partial charge in [0.1, 0.15) is 5.82 Å².